The molecule has 3 N–H and O–H groups in total. The molecule has 6 heterocycles. The lowest BCUT2D eigenvalue weighted by Crippen LogP contribution is -2.63. The van der Waals surface area contributed by atoms with Crippen molar-refractivity contribution < 1.29 is 37.4 Å². The number of fused-ring (bicyclic) bond motifs is 1. The number of nitrogen functional groups attached to an aromatic ring is 1. The van der Waals surface area contributed by atoms with Crippen LogP contribution in [0.4, 0.5) is 25.1 Å². The van der Waals surface area contributed by atoms with Gasteiger partial charge in [0.2, 0.25) is 17.7 Å². The van der Waals surface area contributed by atoms with Crippen LogP contribution in [0.3, 0.4) is 0 Å². The van der Waals surface area contributed by atoms with Crippen molar-refractivity contribution in [3.05, 3.63) is 124 Å². The quantitative estimate of drug-likeness (QED) is 0.148. The zero-order valence-corrected chi connectivity index (χ0v) is 40.1. The molecule has 0 bridgehead atoms. The fourth-order valence-corrected chi connectivity index (χ4v) is 9.47. The van der Waals surface area contributed by atoms with Crippen LogP contribution in [-0.2, 0) is 43.2 Å². The van der Waals surface area contributed by atoms with Crippen LogP contribution in [0.1, 0.15) is 94.9 Å². The van der Waals surface area contributed by atoms with Gasteiger partial charge in [-0.3, -0.25) is 29.5 Å². The molecule has 3 fully saturated rings. The molecule has 0 saturated carbocycles. The minimum absolute atomic E-state index is 0.0587. The van der Waals surface area contributed by atoms with E-state index in [0.717, 1.165) is 86.8 Å². The van der Waals surface area contributed by atoms with Crippen molar-refractivity contribution in [1.82, 2.24) is 29.9 Å². The second-order valence-corrected chi connectivity index (χ2v) is 19.1. The van der Waals surface area contributed by atoms with Crippen LogP contribution < -0.4 is 16.0 Å². The Balaban J connectivity index is 0.000000202. The normalized spacial score (nSPS) is 19.5. The van der Waals surface area contributed by atoms with Gasteiger partial charge in [-0.25, -0.2) is 18.6 Å². The summed E-state index contributed by atoms with van der Waals surface area (Å²) < 4.78 is 40.5. The number of hydrogen-bond donors (Lipinski definition) is 2. The summed E-state index contributed by atoms with van der Waals surface area (Å²) in [6.45, 7) is 20.7. The average molecular weight is 937 g/mol. The lowest BCUT2D eigenvalue weighted by Gasteiger charge is -2.49. The highest BCUT2D eigenvalue weighted by molar-refractivity contribution is 6.01. The van der Waals surface area contributed by atoms with Gasteiger partial charge in [-0.2, -0.15) is 0 Å². The summed E-state index contributed by atoms with van der Waals surface area (Å²) in [5, 5.41) is 2.28. The molecule has 0 radical (unpaired) electrons. The molecule has 5 aliphatic heterocycles. The van der Waals surface area contributed by atoms with E-state index >= 15 is 0 Å². The average Bonchev–Trinajstić information content (AvgIpc) is 3.28. The third-order valence-corrected chi connectivity index (χ3v) is 13.2. The highest BCUT2D eigenvalue weighted by atomic mass is 19.1. The maximum absolute atomic E-state index is 14.8. The molecule has 0 spiro atoms. The number of amides is 4. The number of nitrogens with two attached hydrogens (primary N) is 1. The second kappa shape index (κ2) is 21.8. The van der Waals surface area contributed by atoms with Crippen molar-refractivity contribution in [1.29, 1.82) is 0 Å². The van der Waals surface area contributed by atoms with Crippen molar-refractivity contribution >= 4 is 35.3 Å². The largest absolute Gasteiger partial charge is 0.494 e. The van der Waals surface area contributed by atoms with Crippen LogP contribution in [-0.4, -0.2) is 119 Å². The van der Waals surface area contributed by atoms with Crippen LogP contribution in [0.25, 0.3) is 0 Å². The Bertz CT molecular complexity index is 2440. The number of halogens is 2. The van der Waals surface area contributed by atoms with E-state index in [0.29, 0.717) is 62.2 Å². The highest BCUT2D eigenvalue weighted by Gasteiger charge is 2.37. The predicted molar refractivity (Wildman–Crippen MR) is 257 cm³/mol. The zero-order chi connectivity index (χ0) is 48.7. The first-order chi connectivity index (χ1) is 32.5. The second-order valence-electron chi connectivity index (χ2n) is 19.1. The lowest BCUT2D eigenvalue weighted by molar-refractivity contribution is -0.134. The number of nitrogens with zero attached hydrogens (tertiary/aromatic N) is 6. The van der Waals surface area contributed by atoms with Gasteiger partial charge in [0, 0.05) is 94.4 Å². The molecule has 1 unspecified atom stereocenters. The molecule has 4 amide bonds. The van der Waals surface area contributed by atoms with E-state index in [4.69, 9.17) is 15.2 Å². The topological polar surface area (TPSA) is 154 Å². The van der Waals surface area contributed by atoms with Gasteiger partial charge in [0.25, 0.3) is 0 Å². The summed E-state index contributed by atoms with van der Waals surface area (Å²) in [6, 6.07) is 13.6. The smallest absolute Gasteiger partial charge is 0.415 e. The van der Waals surface area contributed by atoms with Crippen LogP contribution in [0, 0.1) is 11.6 Å². The van der Waals surface area contributed by atoms with Crippen LogP contribution >= 0.6 is 0 Å². The Morgan fingerprint density at radius 3 is 2.40 bits per heavy atom. The minimum Gasteiger partial charge on any atom is -0.494 e. The van der Waals surface area contributed by atoms with Crippen molar-refractivity contribution in [3.63, 3.8) is 0 Å². The molecule has 16 heteroatoms. The molecule has 3 aromatic rings. The number of hydrogen-bond acceptors (Lipinski definition) is 11. The zero-order valence-electron chi connectivity index (χ0n) is 40.1. The molecule has 1 aromatic heterocycles. The number of allylic oxidation sites excluding steroid dienone is 3. The maximum atomic E-state index is 14.8. The summed E-state index contributed by atoms with van der Waals surface area (Å²) in [5.74, 6) is -0.860. The number of carbonyl (C=O) groups excluding carboxylic acids is 4. The van der Waals surface area contributed by atoms with Gasteiger partial charge < -0.3 is 29.9 Å². The van der Waals surface area contributed by atoms with E-state index in [1.54, 1.807) is 34.1 Å². The lowest BCUT2D eigenvalue weighted by atomic mass is 9.90. The fourth-order valence-electron chi connectivity index (χ4n) is 9.47. The van der Waals surface area contributed by atoms with Crippen molar-refractivity contribution in [2.24, 2.45) is 0 Å². The van der Waals surface area contributed by atoms with Crippen molar-refractivity contribution in [2.75, 3.05) is 69.6 Å². The Labute approximate surface area is 398 Å². The van der Waals surface area contributed by atoms with E-state index in [2.05, 4.69) is 38.5 Å². The summed E-state index contributed by atoms with van der Waals surface area (Å²) in [6.07, 6.45) is 7.69. The van der Waals surface area contributed by atoms with Gasteiger partial charge in [0.15, 0.2) is 0 Å². The molecular formula is C52H66F2N8O6. The molecule has 68 heavy (non-hydrogen) atoms. The third-order valence-electron chi connectivity index (χ3n) is 13.2. The number of anilines is 2. The van der Waals surface area contributed by atoms with Crippen LogP contribution in [0.15, 0.2) is 90.1 Å². The fraction of sp³-hybridized carbons (Fsp3) is 0.481. The minimum atomic E-state index is -0.636. The maximum Gasteiger partial charge on any atom is 0.415 e. The number of pyridine rings is 1. The number of aromatic nitrogens is 1. The van der Waals surface area contributed by atoms with Gasteiger partial charge in [-0.05, 0) is 99.6 Å². The monoisotopic (exact) mass is 937 g/mol. The van der Waals surface area contributed by atoms with E-state index in [1.165, 1.54) is 23.3 Å². The first-order valence-electron chi connectivity index (χ1n) is 23.8. The molecule has 8 rings (SSSR count). The van der Waals surface area contributed by atoms with Crippen molar-refractivity contribution in [3.8, 4) is 0 Å². The number of imide groups is 1. The molecule has 3 saturated heterocycles. The number of unbranched alkanes of at least 4 members (excludes halogenated alkanes) is 1. The number of piperidine rings is 1. The predicted octanol–water partition coefficient (Wildman–Crippen LogP) is 7.21. The molecule has 2 aromatic carbocycles. The Morgan fingerprint density at radius 2 is 1.72 bits per heavy atom. The molecule has 14 nitrogen and oxygen atoms in total. The molecule has 5 aliphatic rings. The SMILES string of the molecule is C=C/C(=C(/C)C1=C(CCCC)OCCN1C(=O)OC(C)(C)C)N1CCc2cnc(N)cc2C1.O=C1CCC(c2ccc(N3CC(N4CCN(C(=O)Cc5ccccc5F)CC4)C3)cc2F)C(=O)N1. The first-order valence-corrected chi connectivity index (χ1v) is 23.8. The van der Waals surface area contributed by atoms with Gasteiger partial charge in [-0.15, -0.1) is 0 Å². The number of rotatable bonds is 11. The van der Waals surface area contributed by atoms with Gasteiger partial charge >= 0.3 is 6.09 Å². The number of ether oxygens (including phenoxy) is 2. The molecular weight excluding hydrogens is 871 g/mol. The van der Waals surface area contributed by atoms with E-state index in [-0.39, 0.29) is 36.6 Å². The summed E-state index contributed by atoms with van der Waals surface area (Å²) in [7, 11) is 0. The van der Waals surface area contributed by atoms with Crippen molar-refractivity contribution in [2.45, 2.75) is 104 Å². The third kappa shape index (κ3) is 11.9. The molecule has 1 atom stereocenters. The van der Waals surface area contributed by atoms with Crippen LogP contribution in [0.2, 0.25) is 0 Å². The van der Waals surface area contributed by atoms with E-state index in [1.807, 2.05) is 52.1 Å². The summed E-state index contributed by atoms with van der Waals surface area (Å²) >= 11 is 0. The van der Waals surface area contributed by atoms with Gasteiger partial charge in [0.05, 0.1) is 24.6 Å². The molecule has 0 aliphatic carbocycles. The highest BCUT2D eigenvalue weighted by Crippen LogP contribution is 2.35. The summed E-state index contributed by atoms with van der Waals surface area (Å²) in [5.41, 5.74) is 12.0. The Kier molecular flexibility index (Phi) is 15.9. The Hall–Kier alpha value is -6.29. The molecule has 364 valence electrons. The van der Waals surface area contributed by atoms with E-state index < -0.39 is 23.2 Å². The Morgan fingerprint density at radius 1 is 0.971 bits per heavy atom. The first kappa shape index (κ1) is 49.6. The summed E-state index contributed by atoms with van der Waals surface area (Å²) in [4.78, 5) is 63.7. The number of carbonyl (C=O) groups is 4. The standard InChI is InChI=1S/C26H28F2N4O3.C26H38N4O3/c27-22-4-2-1-3-17(22)13-25(34)31-11-9-30(10-12-31)19-15-32(16-19)18-5-6-20(23(28)14-18)21-7-8-24(33)29-26(21)35;1-7-9-10-22-24(30(13-14-32-22)25(31)33-26(4,5)6)18(3)21(8-2)29-12-11-19-16-28-23(27)15-20(19)17-29/h1-6,14,19,21H,7-13,15-16H2,(H,29,33,35);8,15-16H,2,7,9-14,17H2,1,3-6H3,(H2,27,28)/b;21-18+. The number of benzene rings is 2. The van der Waals surface area contributed by atoms with Gasteiger partial charge in [0.1, 0.15) is 35.4 Å². The van der Waals surface area contributed by atoms with Crippen LogP contribution in [0.5, 0.6) is 0 Å². The van der Waals surface area contributed by atoms with Gasteiger partial charge in [-0.1, -0.05) is 44.2 Å². The van der Waals surface area contributed by atoms with E-state index in [9.17, 15) is 28.0 Å². The number of piperazine rings is 1. The number of nitrogens with one attached hydrogen (secondary N) is 1.